The Balaban J connectivity index is 2.80. The Kier molecular flexibility index (Phi) is 3.31. The van der Waals surface area contributed by atoms with Gasteiger partial charge in [-0.25, -0.2) is 0 Å². The predicted molar refractivity (Wildman–Crippen MR) is 59.0 cm³/mol. The Hall–Kier alpha value is -1.06. The highest BCUT2D eigenvalue weighted by Gasteiger charge is 2.64. The number of carboxylic acid groups (broad SMARTS) is 2. The number of hydrogen-bond donors (Lipinski definition) is 2. The molecule has 0 unspecified atom stereocenters. The van der Waals surface area contributed by atoms with E-state index in [9.17, 15) is 9.59 Å². The average Bonchev–Trinajstić information content (AvgIpc) is 2.74. The van der Waals surface area contributed by atoms with Gasteiger partial charge in [0.25, 0.3) is 0 Å². The number of aliphatic carboxylic acids is 2. The monoisotopic (exact) mass is 228 g/mol. The lowest BCUT2D eigenvalue weighted by Crippen LogP contribution is -2.21. The molecule has 0 aliphatic heterocycles. The molecule has 4 nitrogen and oxygen atoms in total. The van der Waals surface area contributed by atoms with Gasteiger partial charge in [-0.05, 0) is 23.7 Å². The van der Waals surface area contributed by atoms with E-state index in [1.54, 1.807) is 0 Å². The quantitative estimate of drug-likeness (QED) is 0.755. The van der Waals surface area contributed by atoms with E-state index in [1.165, 1.54) is 0 Å². The molecule has 0 amide bonds. The van der Waals surface area contributed by atoms with Crippen molar-refractivity contribution in [1.82, 2.24) is 0 Å². The third-order valence-corrected chi connectivity index (χ3v) is 3.43. The van der Waals surface area contributed by atoms with Gasteiger partial charge in [-0.1, -0.05) is 27.7 Å². The highest BCUT2D eigenvalue weighted by molar-refractivity contribution is 5.86. The molecule has 0 radical (unpaired) electrons. The average molecular weight is 228 g/mol. The van der Waals surface area contributed by atoms with Crippen molar-refractivity contribution in [1.29, 1.82) is 0 Å². The van der Waals surface area contributed by atoms with Crippen LogP contribution in [0.5, 0.6) is 0 Å². The zero-order valence-electron chi connectivity index (χ0n) is 10.2. The van der Waals surface area contributed by atoms with E-state index in [0.717, 1.165) is 6.42 Å². The molecule has 1 aliphatic carbocycles. The summed E-state index contributed by atoms with van der Waals surface area (Å²) in [5.41, 5.74) is -0.222. The molecule has 1 aliphatic rings. The standard InChI is InChI=1S/C12H20O4/c1-6(2)5-12(3,4)9-7(10(13)14)8(9)11(15)16/h6-9H,5H2,1-4H3,(H,13,14)(H,15,16)/t7-,8-/m0/s1. The van der Waals surface area contributed by atoms with Crippen LogP contribution in [0.25, 0.3) is 0 Å². The molecule has 0 aromatic carbocycles. The lowest BCUT2D eigenvalue weighted by Gasteiger charge is -2.27. The van der Waals surface area contributed by atoms with Crippen LogP contribution in [0.15, 0.2) is 0 Å². The topological polar surface area (TPSA) is 74.6 Å². The van der Waals surface area contributed by atoms with Crippen LogP contribution in [0.2, 0.25) is 0 Å². The second kappa shape index (κ2) is 4.07. The van der Waals surface area contributed by atoms with Crippen LogP contribution < -0.4 is 0 Å². The van der Waals surface area contributed by atoms with Gasteiger partial charge in [0.15, 0.2) is 0 Å². The Bertz CT molecular complexity index is 286. The molecule has 0 aromatic heterocycles. The molecule has 4 heteroatoms. The minimum atomic E-state index is -0.978. The third-order valence-electron chi connectivity index (χ3n) is 3.43. The number of carbonyl (C=O) groups is 2. The molecule has 2 atom stereocenters. The molecular formula is C12H20O4. The summed E-state index contributed by atoms with van der Waals surface area (Å²) in [4.78, 5) is 21.9. The van der Waals surface area contributed by atoms with Gasteiger partial charge in [0.05, 0.1) is 11.8 Å². The maximum Gasteiger partial charge on any atom is 0.307 e. The lowest BCUT2D eigenvalue weighted by molar-refractivity contribution is -0.144. The van der Waals surface area contributed by atoms with E-state index in [4.69, 9.17) is 10.2 Å². The molecule has 2 N–H and O–H groups in total. The fraction of sp³-hybridized carbons (Fsp3) is 0.833. The van der Waals surface area contributed by atoms with Crippen molar-refractivity contribution in [2.24, 2.45) is 29.1 Å². The van der Waals surface area contributed by atoms with E-state index < -0.39 is 23.8 Å². The van der Waals surface area contributed by atoms with Crippen molar-refractivity contribution in [3.05, 3.63) is 0 Å². The van der Waals surface area contributed by atoms with Gasteiger partial charge in [-0.3, -0.25) is 9.59 Å². The fourth-order valence-electron chi connectivity index (χ4n) is 3.09. The Morgan fingerprint density at radius 2 is 1.50 bits per heavy atom. The molecule has 0 spiro atoms. The van der Waals surface area contributed by atoms with Gasteiger partial charge in [-0.2, -0.15) is 0 Å². The van der Waals surface area contributed by atoms with E-state index >= 15 is 0 Å². The minimum absolute atomic E-state index is 0.222. The summed E-state index contributed by atoms with van der Waals surface area (Å²) in [6, 6.07) is 0. The molecule has 0 saturated heterocycles. The highest BCUT2D eigenvalue weighted by Crippen LogP contribution is 2.58. The number of rotatable bonds is 5. The zero-order valence-corrected chi connectivity index (χ0v) is 10.2. The SMILES string of the molecule is CC(C)CC(C)(C)C1[C@@H](C(=O)O)[C@@H]1C(=O)O. The number of hydrogen-bond acceptors (Lipinski definition) is 2. The Morgan fingerprint density at radius 1 is 1.12 bits per heavy atom. The molecule has 1 saturated carbocycles. The molecule has 1 rings (SSSR count). The third kappa shape index (κ3) is 2.36. The van der Waals surface area contributed by atoms with Crippen LogP contribution in [0.4, 0.5) is 0 Å². The highest BCUT2D eigenvalue weighted by atomic mass is 16.4. The van der Waals surface area contributed by atoms with Crippen molar-refractivity contribution >= 4 is 11.9 Å². The van der Waals surface area contributed by atoms with E-state index in [0.29, 0.717) is 5.92 Å². The summed E-state index contributed by atoms with van der Waals surface area (Å²) in [6.45, 7) is 8.07. The zero-order chi connectivity index (χ0) is 12.7. The molecule has 0 heterocycles. The van der Waals surface area contributed by atoms with E-state index in [2.05, 4.69) is 13.8 Å². The molecule has 92 valence electrons. The van der Waals surface area contributed by atoms with Gasteiger partial charge in [0.1, 0.15) is 0 Å². The summed E-state index contributed by atoms with van der Waals surface area (Å²) in [7, 11) is 0. The van der Waals surface area contributed by atoms with Crippen LogP contribution in [-0.2, 0) is 9.59 Å². The predicted octanol–water partition coefficient (Wildman–Crippen LogP) is 2.09. The van der Waals surface area contributed by atoms with Crippen molar-refractivity contribution in [3.63, 3.8) is 0 Å². The molecule has 16 heavy (non-hydrogen) atoms. The van der Waals surface area contributed by atoms with Crippen molar-refractivity contribution < 1.29 is 19.8 Å². The van der Waals surface area contributed by atoms with Crippen molar-refractivity contribution in [3.8, 4) is 0 Å². The first-order valence-corrected chi connectivity index (χ1v) is 5.64. The van der Waals surface area contributed by atoms with Gasteiger partial charge >= 0.3 is 11.9 Å². The van der Waals surface area contributed by atoms with Gasteiger partial charge in [0.2, 0.25) is 0 Å². The summed E-state index contributed by atoms with van der Waals surface area (Å²) in [5, 5.41) is 18.0. The molecule has 0 bridgehead atoms. The lowest BCUT2D eigenvalue weighted by atomic mass is 9.78. The van der Waals surface area contributed by atoms with Gasteiger partial charge < -0.3 is 10.2 Å². The van der Waals surface area contributed by atoms with Gasteiger partial charge in [-0.15, -0.1) is 0 Å². The second-order valence-electron chi connectivity index (χ2n) is 5.84. The summed E-state index contributed by atoms with van der Waals surface area (Å²) < 4.78 is 0. The van der Waals surface area contributed by atoms with E-state index in [-0.39, 0.29) is 11.3 Å². The largest absolute Gasteiger partial charge is 0.481 e. The Labute approximate surface area is 95.7 Å². The van der Waals surface area contributed by atoms with Crippen LogP contribution >= 0.6 is 0 Å². The molecule has 1 fully saturated rings. The number of carboxylic acids is 2. The van der Waals surface area contributed by atoms with E-state index in [1.807, 2.05) is 13.8 Å². The maximum atomic E-state index is 11.0. The summed E-state index contributed by atoms with van der Waals surface area (Å²) in [6.07, 6.45) is 0.852. The molecule has 0 aromatic rings. The molecular weight excluding hydrogens is 208 g/mol. The minimum Gasteiger partial charge on any atom is -0.481 e. The van der Waals surface area contributed by atoms with Crippen LogP contribution in [0.1, 0.15) is 34.1 Å². The smallest absolute Gasteiger partial charge is 0.307 e. The fourth-order valence-corrected chi connectivity index (χ4v) is 3.09. The maximum absolute atomic E-state index is 11.0. The first kappa shape index (κ1) is 13.0. The van der Waals surface area contributed by atoms with Crippen LogP contribution in [-0.4, -0.2) is 22.2 Å². The van der Waals surface area contributed by atoms with Crippen molar-refractivity contribution in [2.45, 2.75) is 34.1 Å². The van der Waals surface area contributed by atoms with Crippen LogP contribution in [0, 0.1) is 29.1 Å². The van der Waals surface area contributed by atoms with Gasteiger partial charge in [0, 0.05) is 0 Å². The van der Waals surface area contributed by atoms with Crippen LogP contribution in [0.3, 0.4) is 0 Å². The normalized spacial score (nSPS) is 29.2. The Morgan fingerprint density at radius 3 is 1.75 bits per heavy atom. The van der Waals surface area contributed by atoms with Crippen molar-refractivity contribution in [2.75, 3.05) is 0 Å². The summed E-state index contributed by atoms with van der Waals surface area (Å²) >= 11 is 0. The first-order valence-electron chi connectivity index (χ1n) is 5.64. The first-order chi connectivity index (χ1) is 7.18. The summed E-state index contributed by atoms with van der Waals surface area (Å²) in [5.74, 6) is -3.15. The second-order valence-corrected chi connectivity index (χ2v) is 5.84.